The first-order valence-corrected chi connectivity index (χ1v) is 6.43. The van der Waals surface area contributed by atoms with Crippen LogP contribution in [0.5, 0.6) is 0 Å². The number of hydrogen-bond acceptors (Lipinski definition) is 2. The van der Waals surface area contributed by atoms with Gasteiger partial charge in [0.15, 0.2) is 0 Å². The maximum absolute atomic E-state index is 6.11. The lowest BCUT2D eigenvalue weighted by Crippen LogP contribution is -2.18. The second kappa shape index (κ2) is 5.98. The van der Waals surface area contributed by atoms with Crippen molar-refractivity contribution in [3.05, 3.63) is 64.4 Å². The maximum Gasteiger partial charge on any atom is 0.0438 e. The smallest absolute Gasteiger partial charge is 0.0438 e. The van der Waals surface area contributed by atoms with Crippen LogP contribution in [-0.2, 0) is 6.54 Å². The van der Waals surface area contributed by atoms with Crippen LogP contribution in [0.25, 0.3) is 0 Å². The molecular formula is C15H17ClN2. The van der Waals surface area contributed by atoms with Crippen LogP contribution in [0.4, 0.5) is 0 Å². The molecule has 94 valence electrons. The number of rotatable bonds is 4. The molecule has 1 N–H and O–H groups in total. The van der Waals surface area contributed by atoms with Gasteiger partial charge in [0.2, 0.25) is 0 Å². The molecule has 18 heavy (non-hydrogen) atoms. The Bertz CT molecular complexity index is 511. The highest BCUT2D eigenvalue weighted by atomic mass is 35.5. The summed E-state index contributed by atoms with van der Waals surface area (Å²) in [6, 6.07) is 10.5. The molecule has 0 saturated heterocycles. The summed E-state index contributed by atoms with van der Waals surface area (Å²) in [6.45, 7) is 4.97. The summed E-state index contributed by atoms with van der Waals surface area (Å²) >= 11 is 6.11. The summed E-state index contributed by atoms with van der Waals surface area (Å²) in [7, 11) is 0. The van der Waals surface area contributed by atoms with E-state index in [1.165, 1.54) is 11.1 Å². The number of pyridine rings is 1. The Morgan fingerprint density at radius 1 is 1.22 bits per heavy atom. The zero-order chi connectivity index (χ0) is 13.0. The number of halogens is 1. The van der Waals surface area contributed by atoms with Gasteiger partial charge in [0, 0.05) is 30.0 Å². The Hall–Kier alpha value is -1.38. The predicted octanol–water partition coefficient (Wildman–Crippen LogP) is 3.89. The minimum Gasteiger partial charge on any atom is -0.306 e. The van der Waals surface area contributed by atoms with Crippen LogP contribution in [-0.4, -0.2) is 4.98 Å². The highest BCUT2D eigenvalue weighted by molar-refractivity contribution is 6.31. The molecule has 0 unspecified atom stereocenters. The zero-order valence-electron chi connectivity index (χ0n) is 10.7. The van der Waals surface area contributed by atoms with E-state index in [0.29, 0.717) is 6.04 Å². The van der Waals surface area contributed by atoms with Crippen molar-refractivity contribution in [2.75, 3.05) is 0 Å². The monoisotopic (exact) mass is 260 g/mol. The zero-order valence-corrected chi connectivity index (χ0v) is 11.4. The number of aryl methyl sites for hydroxylation is 1. The third-order valence-electron chi connectivity index (χ3n) is 3.05. The van der Waals surface area contributed by atoms with E-state index in [2.05, 4.69) is 29.4 Å². The van der Waals surface area contributed by atoms with Crippen molar-refractivity contribution in [2.24, 2.45) is 0 Å². The first kappa shape index (κ1) is 13.1. The van der Waals surface area contributed by atoms with Gasteiger partial charge in [0.1, 0.15) is 0 Å². The number of benzene rings is 1. The van der Waals surface area contributed by atoms with Gasteiger partial charge in [-0.25, -0.2) is 0 Å². The Balaban J connectivity index is 1.97. The number of aromatic nitrogens is 1. The largest absolute Gasteiger partial charge is 0.306 e. The molecule has 0 aliphatic rings. The number of nitrogens with one attached hydrogen (secondary N) is 1. The van der Waals surface area contributed by atoms with E-state index >= 15 is 0 Å². The lowest BCUT2D eigenvalue weighted by atomic mass is 10.1. The van der Waals surface area contributed by atoms with Gasteiger partial charge < -0.3 is 5.32 Å². The maximum atomic E-state index is 6.11. The molecule has 0 saturated carbocycles. The third-order valence-corrected chi connectivity index (χ3v) is 3.46. The fourth-order valence-corrected chi connectivity index (χ4v) is 1.99. The summed E-state index contributed by atoms with van der Waals surface area (Å²) in [5, 5.41) is 4.30. The van der Waals surface area contributed by atoms with Gasteiger partial charge in [0.25, 0.3) is 0 Å². The van der Waals surface area contributed by atoms with Crippen LogP contribution in [0.15, 0.2) is 42.7 Å². The first-order chi connectivity index (χ1) is 8.66. The number of hydrogen-bond donors (Lipinski definition) is 1. The van der Waals surface area contributed by atoms with Crippen molar-refractivity contribution in [1.82, 2.24) is 10.3 Å². The highest BCUT2D eigenvalue weighted by Gasteiger charge is 2.04. The Morgan fingerprint density at radius 2 is 1.94 bits per heavy atom. The Labute approximate surface area is 113 Å². The third kappa shape index (κ3) is 3.31. The van der Waals surface area contributed by atoms with Crippen molar-refractivity contribution < 1.29 is 0 Å². The summed E-state index contributed by atoms with van der Waals surface area (Å²) in [5.41, 5.74) is 3.55. The van der Waals surface area contributed by atoms with E-state index in [1.807, 2.05) is 37.5 Å². The molecule has 0 amide bonds. The van der Waals surface area contributed by atoms with Crippen molar-refractivity contribution in [3.8, 4) is 0 Å². The van der Waals surface area contributed by atoms with E-state index in [9.17, 15) is 0 Å². The molecule has 1 atom stereocenters. The van der Waals surface area contributed by atoms with Gasteiger partial charge >= 0.3 is 0 Å². The van der Waals surface area contributed by atoms with Crippen molar-refractivity contribution >= 4 is 11.6 Å². The molecule has 0 aliphatic carbocycles. The summed E-state index contributed by atoms with van der Waals surface area (Å²) < 4.78 is 0. The molecule has 2 nitrogen and oxygen atoms in total. The second-order valence-corrected chi connectivity index (χ2v) is 4.87. The first-order valence-electron chi connectivity index (χ1n) is 6.05. The summed E-state index contributed by atoms with van der Waals surface area (Å²) in [5.74, 6) is 0. The van der Waals surface area contributed by atoms with Crippen molar-refractivity contribution in [1.29, 1.82) is 0 Å². The molecule has 3 heteroatoms. The van der Waals surface area contributed by atoms with Gasteiger partial charge in [-0.1, -0.05) is 23.7 Å². The summed E-state index contributed by atoms with van der Waals surface area (Å²) in [4.78, 5) is 4.02. The molecule has 2 aromatic rings. The van der Waals surface area contributed by atoms with Gasteiger partial charge in [-0.15, -0.1) is 0 Å². The summed E-state index contributed by atoms with van der Waals surface area (Å²) in [6.07, 6.45) is 3.63. The Morgan fingerprint density at radius 3 is 2.61 bits per heavy atom. The Kier molecular flexibility index (Phi) is 4.34. The lowest BCUT2D eigenvalue weighted by Gasteiger charge is -2.14. The van der Waals surface area contributed by atoms with E-state index in [4.69, 9.17) is 11.6 Å². The fourth-order valence-electron chi connectivity index (χ4n) is 1.79. The van der Waals surface area contributed by atoms with Crippen LogP contribution in [0.1, 0.15) is 29.7 Å². The predicted molar refractivity (Wildman–Crippen MR) is 75.7 cm³/mol. The van der Waals surface area contributed by atoms with Crippen LogP contribution in [0, 0.1) is 6.92 Å². The fraction of sp³-hybridized carbons (Fsp3) is 0.267. The molecule has 2 rings (SSSR count). The topological polar surface area (TPSA) is 24.9 Å². The van der Waals surface area contributed by atoms with Crippen LogP contribution in [0.2, 0.25) is 5.02 Å². The quantitative estimate of drug-likeness (QED) is 0.902. The van der Waals surface area contributed by atoms with Crippen LogP contribution >= 0.6 is 11.6 Å². The molecule has 1 heterocycles. The lowest BCUT2D eigenvalue weighted by molar-refractivity contribution is 0.574. The van der Waals surface area contributed by atoms with Gasteiger partial charge in [-0.05, 0) is 48.7 Å². The van der Waals surface area contributed by atoms with E-state index in [1.54, 1.807) is 0 Å². The molecule has 0 fully saturated rings. The minimum absolute atomic E-state index is 0.299. The average Bonchev–Trinajstić information content (AvgIpc) is 2.41. The van der Waals surface area contributed by atoms with Crippen molar-refractivity contribution in [3.63, 3.8) is 0 Å². The van der Waals surface area contributed by atoms with Gasteiger partial charge in [-0.2, -0.15) is 0 Å². The van der Waals surface area contributed by atoms with E-state index < -0.39 is 0 Å². The van der Waals surface area contributed by atoms with E-state index in [-0.39, 0.29) is 0 Å². The molecule has 1 aromatic carbocycles. The SMILES string of the molecule is Cc1ccc(CN[C@@H](C)c2ccncc2)cc1Cl. The second-order valence-electron chi connectivity index (χ2n) is 4.47. The average molecular weight is 261 g/mol. The van der Waals surface area contributed by atoms with Crippen LogP contribution in [0.3, 0.4) is 0 Å². The number of nitrogens with zero attached hydrogens (tertiary/aromatic N) is 1. The normalized spacial score (nSPS) is 12.4. The van der Waals surface area contributed by atoms with Crippen molar-refractivity contribution in [2.45, 2.75) is 26.4 Å². The minimum atomic E-state index is 0.299. The van der Waals surface area contributed by atoms with Gasteiger partial charge in [-0.3, -0.25) is 4.98 Å². The standard InChI is InChI=1S/C15H17ClN2/c1-11-3-4-13(9-15(11)16)10-18-12(2)14-5-7-17-8-6-14/h3-9,12,18H,10H2,1-2H3/t12-/m0/s1. The van der Waals surface area contributed by atoms with E-state index in [0.717, 1.165) is 17.1 Å². The molecule has 0 aliphatic heterocycles. The molecule has 0 spiro atoms. The molecule has 0 radical (unpaired) electrons. The molecular weight excluding hydrogens is 244 g/mol. The highest BCUT2D eigenvalue weighted by Crippen LogP contribution is 2.17. The molecule has 0 bridgehead atoms. The van der Waals surface area contributed by atoms with Gasteiger partial charge in [0.05, 0.1) is 0 Å². The van der Waals surface area contributed by atoms with Crippen LogP contribution < -0.4 is 5.32 Å². The molecule has 1 aromatic heterocycles.